The molecular formula is C18H15N3O7S2. The van der Waals surface area contributed by atoms with Crippen LogP contribution in [0.4, 0.5) is 17.1 Å². The second-order valence-corrected chi connectivity index (χ2v) is 9.01. The number of hydrogen-bond acceptors (Lipinski definition) is 8. The first-order valence-electron chi connectivity index (χ1n) is 8.15. The number of phenolic OH excluding ortho intramolecular Hbond substituents is 1. The topological polar surface area (TPSA) is 166 Å². The molecule has 0 aliphatic rings. The summed E-state index contributed by atoms with van der Waals surface area (Å²) in [5, 5.41) is 17.4. The monoisotopic (exact) mass is 449 g/mol. The molecule has 0 amide bonds. The second kappa shape index (κ2) is 7.57. The first kappa shape index (κ1) is 21.5. The zero-order valence-electron chi connectivity index (χ0n) is 15.4. The van der Waals surface area contributed by atoms with Gasteiger partial charge in [0, 0.05) is 16.8 Å². The van der Waals surface area contributed by atoms with Crippen LogP contribution < -0.4 is 0 Å². The van der Waals surface area contributed by atoms with Gasteiger partial charge in [0.15, 0.2) is 0 Å². The highest BCUT2D eigenvalue weighted by Gasteiger charge is 2.21. The number of phenols is 1. The molecule has 3 N–H and O–H groups in total. The van der Waals surface area contributed by atoms with Crippen molar-refractivity contribution in [1.82, 2.24) is 0 Å². The zero-order chi connectivity index (χ0) is 22.3. The van der Waals surface area contributed by atoms with Gasteiger partial charge in [0.05, 0.1) is 11.4 Å². The van der Waals surface area contributed by atoms with Crippen molar-refractivity contribution in [2.45, 2.75) is 16.7 Å². The lowest BCUT2D eigenvalue weighted by molar-refractivity contribution is 0.477. The van der Waals surface area contributed by atoms with Gasteiger partial charge in [-0.25, -0.2) is 0 Å². The Morgan fingerprint density at radius 2 is 1.50 bits per heavy atom. The fourth-order valence-corrected chi connectivity index (χ4v) is 4.24. The Labute approximate surface area is 171 Å². The summed E-state index contributed by atoms with van der Waals surface area (Å²) in [6.45, 7) is 5.00. The van der Waals surface area contributed by atoms with Crippen LogP contribution in [0, 0.1) is 6.92 Å². The largest absolute Gasteiger partial charge is 0.506 e. The molecule has 0 saturated carbocycles. The fraction of sp³-hybridized carbons (Fsp3) is 0.0556. The normalized spacial score (nSPS) is 12.5. The smallest absolute Gasteiger partial charge is 0.295 e. The fourth-order valence-electron chi connectivity index (χ4n) is 2.82. The quantitative estimate of drug-likeness (QED) is 0.299. The summed E-state index contributed by atoms with van der Waals surface area (Å²) in [4.78, 5) is 2.48. The van der Waals surface area contributed by atoms with Gasteiger partial charge in [-0.05, 0) is 43.5 Å². The number of hydrogen-bond donors (Lipinski definition) is 3. The Morgan fingerprint density at radius 3 is 2.10 bits per heavy atom. The van der Waals surface area contributed by atoms with Crippen LogP contribution in [-0.4, -0.2) is 37.8 Å². The van der Waals surface area contributed by atoms with E-state index in [2.05, 4.69) is 21.9 Å². The molecule has 0 aromatic heterocycles. The predicted molar refractivity (Wildman–Crippen MR) is 110 cm³/mol. The van der Waals surface area contributed by atoms with Gasteiger partial charge >= 0.3 is 0 Å². The van der Waals surface area contributed by atoms with Gasteiger partial charge in [-0.2, -0.15) is 27.1 Å². The third-order valence-corrected chi connectivity index (χ3v) is 6.00. The van der Waals surface area contributed by atoms with Gasteiger partial charge in [-0.1, -0.05) is 12.1 Å². The molecule has 0 bridgehead atoms. The van der Waals surface area contributed by atoms with Crippen LogP contribution in [0.15, 0.2) is 67.5 Å². The van der Waals surface area contributed by atoms with Crippen LogP contribution in [0.1, 0.15) is 5.56 Å². The van der Waals surface area contributed by atoms with Crippen LogP contribution in [0.5, 0.6) is 5.75 Å². The molecule has 0 atom stereocenters. The number of azo groups is 1. The van der Waals surface area contributed by atoms with E-state index in [4.69, 9.17) is 0 Å². The number of nitrogens with zero attached hydrogens (tertiary/aromatic N) is 3. The SMILES string of the molecule is C=Nc1cc(C)c(N=Nc2cc(S(=O)(=O)O)c3cccc(S(=O)(=O)O)c3c2)cc1O. The van der Waals surface area contributed by atoms with Crippen LogP contribution in [0.25, 0.3) is 10.8 Å². The Hall–Kier alpha value is -3.19. The highest BCUT2D eigenvalue weighted by Crippen LogP contribution is 2.36. The van der Waals surface area contributed by atoms with Gasteiger partial charge in [-0.3, -0.25) is 14.1 Å². The first-order chi connectivity index (χ1) is 13.9. The highest BCUT2D eigenvalue weighted by molar-refractivity contribution is 7.86. The van der Waals surface area contributed by atoms with Crippen LogP contribution in [0.2, 0.25) is 0 Å². The van der Waals surface area contributed by atoms with Crippen molar-refractivity contribution < 1.29 is 31.0 Å². The lowest BCUT2D eigenvalue weighted by Gasteiger charge is -2.09. The number of aliphatic imine (C=N–C) groups is 1. The van der Waals surface area contributed by atoms with E-state index in [9.17, 15) is 31.0 Å². The van der Waals surface area contributed by atoms with Crippen LogP contribution >= 0.6 is 0 Å². The molecule has 12 heteroatoms. The molecular weight excluding hydrogens is 434 g/mol. The Morgan fingerprint density at radius 1 is 0.833 bits per heavy atom. The average molecular weight is 449 g/mol. The molecule has 0 unspecified atom stereocenters. The van der Waals surface area contributed by atoms with E-state index in [1.165, 1.54) is 30.3 Å². The van der Waals surface area contributed by atoms with Gasteiger partial charge in [0.1, 0.15) is 21.2 Å². The van der Waals surface area contributed by atoms with Crippen molar-refractivity contribution >= 4 is 54.8 Å². The molecule has 0 heterocycles. The van der Waals surface area contributed by atoms with Gasteiger partial charge in [0.25, 0.3) is 20.2 Å². The van der Waals surface area contributed by atoms with Crippen molar-refractivity contribution in [2.75, 3.05) is 0 Å². The third-order valence-electron chi connectivity index (χ3n) is 4.20. The number of aromatic hydroxyl groups is 1. The van der Waals surface area contributed by atoms with E-state index in [0.29, 0.717) is 5.56 Å². The molecule has 0 saturated heterocycles. The van der Waals surface area contributed by atoms with Gasteiger partial charge in [0.2, 0.25) is 0 Å². The predicted octanol–water partition coefficient (Wildman–Crippen LogP) is 4.09. The van der Waals surface area contributed by atoms with E-state index in [-0.39, 0.29) is 33.6 Å². The molecule has 0 aliphatic carbocycles. The van der Waals surface area contributed by atoms with Crippen molar-refractivity contribution in [2.24, 2.45) is 15.2 Å². The summed E-state index contributed by atoms with van der Waals surface area (Å²) in [6, 6.07) is 8.57. The number of benzene rings is 3. The molecule has 0 spiro atoms. The molecule has 3 aromatic rings. The minimum Gasteiger partial charge on any atom is -0.506 e. The van der Waals surface area contributed by atoms with Crippen LogP contribution in [0.3, 0.4) is 0 Å². The molecule has 10 nitrogen and oxygen atoms in total. The van der Waals surface area contributed by atoms with Crippen molar-refractivity contribution in [3.8, 4) is 5.75 Å². The lowest BCUT2D eigenvalue weighted by Crippen LogP contribution is -2.03. The second-order valence-electron chi connectivity index (χ2n) is 6.23. The van der Waals surface area contributed by atoms with Crippen molar-refractivity contribution in [1.29, 1.82) is 0 Å². The van der Waals surface area contributed by atoms with Gasteiger partial charge < -0.3 is 5.11 Å². The summed E-state index contributed by atoms with van der Waals surface area (Å²) in [5.41, 5.74) is 0.935. The maximum atomic E-state index is 11.8. The van der Waals surface area contributed by atoms with Gasteiger partial charge in [-0.15, -0.1) is 0 Å². The van der Waals surface area contributed by atoms with E-state index in [1.807, 2.05) is 0 Å². The molecule has 0 radical (unpaired) electrons. The molecule has 0 fully saturated rings. The maximum Gasteiger partial charge on any atom is 0.295 e. The summed E-state index contributed by atoms with van der Waals surface area (Å²) in [6.07, 6.45) is 0. The summed E-state index contributed by atoms with van der Waals surface area (Å²) in [5.74, 6) is -0.199. The zero-order valence-corrected chi connectivity index (χ0v) is 17.0. The lowest BCUT2D eigenvalue weighted by atomic mass is 10.1. The average Bonchev–Trinajstić information content (AvgIpc) is 2.65. The van der Waals surface area contributed by atoms with E-state index in [0.717, 1.165) is 12.1 Å². The van der Waals surface area contributed by atoms with E-state index < -0.39 is 30.0 Å². The number of fused-ring (bicyclic) bond motifs is 1. The Bertz CT molecular complexity index is 1430. The highest BCUT2D eigenvalue weighted by atomic mass is 32.2. The minimum absolute atomic E-state index is 0.115. The summed E-state index contributed by atoms with van der Waals surface area (Å²) >= 11 is 0. The minimum atomic E-state index is -4.76. The molecule has 156 valence electrons. The van der Waals surface area contributed by atoms with E-state index >= 15 is 0 Å². The van der Waals surface area contributed by atoms with Crippen molar-refractivity contribution in [3.63, 3.8) is 0 Å². The molecule has 0 aliphatic heterocycles. The number of rotatable bonds is 5. The maximum absolute atomic E-state index is 11.8. The standard InChI is InChI=1S/C18H15N3O7S2/c1-10-6-15(19-2)16(22)9-14(10)21-20-11-7-13-12(18(8-11)30(26,27)28)4-3-5-17(13)29(23,24)25/h3-9,22H,2H2,1H3,(H,23,24,25)(H,26,27,28). The molecule has 30 heavy (non-hydrogen) atoms. The summed E-state index contributed by atoms with van der Waals surface area (Å²) < 4.78 is 66.1. The first-order valence-corrected chi connectivity index (χ1v) is 11.0. The summed E-state index contributed by atoms with van der Waals surface area (Å²) in [7, 11) is -9.45. The molecule has 3 rings (SSSR count). The third kappa shape index (κ3) is 4.21. The van der Waals surface area contributed by atoms with Crippen LogP contribution in [-0.2, 0) is 20.2 Å². The number of aryl methyl sites for hydroxylation is 1. The molecule has 3 aromatic carbocycles. The Kier molecular flexibility index (Phi) is 5.43. The van der Waals surface area contributed by atoms with Crippen molar-refractivity contribution in [3.05, 3.63) is 48.0 Å². The van der Waals surface area contributed by atoms with E-state index in [1.54, 1.807) is 6.92 Å². The Balaban J connectivity index is 2.26.